The van der Waals surface area contributed by atoms with Gasteiger partial charge in [-0.25, -0.2) is 9.59 Å². The zero-order valence-corrected chi connectivity index (χ0v) is 11.7. The average Bonchev–Trinajstić information content (AvgIpc) is 2.22. The molecule has 0 bridgehead atoms. The van der Waals surface area contributed by atoms with Gasteiger partial charge in [0.2, 0.25) is 0 Å². The van der Waals surface area contributed by atoms with Crippen molar-refractivity contribution in [3.05, 3.63) is 12.2 Å². The van der Waals surface area contributed by atoms with E-state index >= 15 is 0 Å². The molecule has 0 saturated carbocycles. The van der Waals surface area contributed by atoms with Crippen LogP contribution in [-0.2, 0) is 9.53 Å². The molecule has 0 unspecified atom stereocenters. The maximum absolute atomic E-state index is 11.3. The summed E-state index contributed by atoms with van der Waals surface area (Å²) in [5.41, 5.74) is 0.349. The maximum Gasteiger partial charge on any atom is 0.333 e. The third-order valence-electron chi connectivity index (χ3n) is 2.04. The fourth-order valence-electron chi connectivity index (χ4n) is 0.999. The first kappa shape index (κ1) is 16.4. The molecule has 18 heavy (non-hydrogen) atoms. The molecule has 0 spiro atoms. The van der Waals surface area contributed by atoms with Crippen LogP contribution in [0.15, 0.2) is 12.2 Å². The molecule has 0 aromatic carbocycles. The van der Waals surface area contributed by atoms with E-state index in [0.717, 1.165) is 11.0 Å². The number of carbonyl (C=O) groups excluding carboxylic acids is 2. The van der Waals surface area contributed by atoms with Gasteiger partial charge in [-0.1, -0.05) is 6.58 Å². The number of nitrogens with one attached hydrogen (secondary N) is 2. The Morgan fingerprint density at radius 1 is 1.17 bits per heavy atom. The van der Waals surface area contributed by atoms with E-state index in [-0.39, 0.29) is 19.2 Å². The topological polar surface area (TPSA) is 67.4 Å². The third kappa shape index (κ3) is 9.65. The van der Waals surface area contributed by atoms with Crippen LogP contribution in [0.1, 0.15) is 6.92 Å². The summed E-state index contributed by atoms with van der Waals surface area (Å²) in [6.45, 7) is 6.91. The van der Waals surface area contributed by atoms with E-state index in [1.165, 1.54) is 0 Å². The van der Waals surface area contributed by atoms with Gasteiger partial charge in [0.25, 0.3) is 0 Å². The van der Waals surface area contributed by atoms with Crippen LogP contribution in [0.4, 0.5) is 4.79 Å². The van der Waals surface area contributed by atoms with Gasteiger partial charge < -0.3 is 19.9 Å². The number of hydrogen-bond acceptors (Lipinski definition) is 3. The van der Waals surface area contributed by atoms with E-state index in [1.54, 1.807) is 6.92 Å². The molecule has 0 aromatic heterocycles. The molecular formula is C12H24N3O3+. The summed E-state index contributed by atoms with van der Waals surface area (Å²) in [5.74, 6) is -0.442. The van der Waals surface area contributed by atoms with Gasteiger partial charge in [0.05, 0.1) is 40.8 Å². The van der Waals surface area contributed by atoms with E-state index in [2.05, 4.69) is 38.4 Å². The Morgan fingerprint density at radius 2 is 1.72 bits per heavy atom. The van der Waals surface area contributed by atoms with E-state index in [4.69, 9.17) is 4.74 Å². The first-order valence-electron chi connectivity index (χ1n) is 5.87. The second-order valence-corrected chi connectivity index (χ2v) is 5.11. The molecule has 0 heterocycles. The maximum atomic E-state index is 11.3. The molecule has 0 aromatic rings. The molecule has 0 aliphatic carbocycles. The SMILES string of the molecule is C=C(C)C(=O)OCCNC(=O)NCC[N+](C)(C)C. The van der Waals surface area contributed by atoms with Crippen molar-refractivity contribution in [3.8, 4) is 0 Å². The number of likely N-dealkylation sites (N-methyl/N-ethyl adjacent to an activating group) is 1. The molecule has 0 radical (unpaired) electrons. The van der Waals surface area contributed by atoms with Crippen LogP contribution in [-0.4, -0.2) is 63.9 Å². The first-order valence-corrected chi connectivity index (χ1v) is 5.87. The number of hydrogen-bond donors (Lipinski definition) is 2. The van der Waals surface area contributed by atoms with Crippen LogP contribution in [0.3, 0.4) is 0 Å². The Morgan fingerprint density at radius 3 is 2.22 bits per heavy atom. The molecule has 0 aliphatic heterocycles. The molecule has 6 nitrogen and oxygen atoms in total. The van der Waals surface area contributed by atoms with Crippen molar-refractivity contribution >= 4 is 12.0 Å². The number of rotatable bonds is 7. The second-order valence-electron chi connectivity index (χ2n) is 5.11. The molecule has 2 N–H and O–H groups in total. The fraction of sp³-hybridized carbons (Fsp3) is 0.667. The van der Waals surface area contributed by atoms with Crippen molar-refractivity contribution in [3.63, 3.8) is 0 Å². The molecule has 0 fully saturated rings. The Labute approximate surface area is 109 Å². The van der Waals surface area contributed by atoms with Crippen LogP contribution in [0.2, 0.25) is 0 Å². The van der Waals surface area contributed by atoms with Gasteiger partial charge in [-0.15, -0.1) is 0 Å². The van der Waals surface area contributed by atoms with Crippen LogP contribution in [0, 0.1) is 0 Å². The largest absolute Gasteiger partial charge is 0.460 e. The minimum absolute atomic E-state index is 0.147. The lowest BCUT2D eigenvalue weighted by Crippen LogP contribution is -2.45. The van der Waals surface area contributed by atoms with Crippen molar-refractivity contribution in [1.82, 2.24) is 10.6 Å². The zero-order chi connectivity index (χ0) is 14.2. The van der Waals surface area contributed by atoms with Crippen molar-refractivity contribution < 1.29 is 18.8 Å². The van der Waals surface area contributed by atoms with Gasteiger partial charge in [-0.05, 0) is 6.92 Å². The third-order valence-corrected chi connectivity index (χ3v) is 2.04. The molecule has 2 amide bonds. The number of ether oxygens (including phenoxy) is 1. The Bertz CT molecular complexity index is 308. The second kappa shape index (κ2) is 7.71. The Balaban J connectivity index is 3.54. The van der Waals surface area contributed by atoms with E-state index in [0.29, 0.717) is 12.1 Å². The minimum atomic E-state index is -0.442. The summed E-state index contributed by atoms with van der Waals surface area (Å²) in [4.78, 5) is 22.3. The molecule has 0 rings (SSSR count). The monoisotopic (exact) mass is 258 g/mol. The summed E-state index contributed by atoms with van der Waals surface area (Å²) >= 11 is 0. The summed E-state index contributed by atoms with van der Waals surface area (Å²) in [7, 11) is 6.16. The average molecular weight is 258 g/mol. The molecule has 6 heteroatoms. The first-order chi connectivity index (χ1) is 8.22. The van der Waals surface area contributed by atoms with Crippen molar-refractivity contribution in [2.45, 2.75) is 6.92 Å². The Hall–Kier alpha value is -1.56. The minimum Gasteiger partial charge on any atom is -0.460 e. The van der Waals surface area contributed by atoms with Gasteiger partial charge in [-0.3, -0.25) is 0 Å². The molecule has 0 aliphatic rings. The number of esters is 1. The molecule has 0 atom stereocenters. The van der Waals surface area contributed by atoms with Crippen LogP contribution in [0.25, 0.3) is 0 Å². The molecular weight excluding hydrogens is 234 g/mol. The number of carbonyl (C=O) groups is 2. The van der Waals surface area contributed by atoms with Gasteiger partial charge in [0.1, 0.15) is 6.61 Å². The summed E-state index contributed by atoms with van der Waals surface area (Å²) in [5, 5.41) is 5.33. The fourth-order valence-corrected chi connectivity index (χ4v) is 0.999. The van der Waals surface area contributed by atoms with E-state index in [9.17, 15) is 9.59 Å². The number of amides is 2. The lowest BCUT2D eigenvalue weighted by Gasteiger charge is -2.23. The highest BCUT2D eigenvalue weighted by Gasteiger charge is 2.07. The predicted molar refractivity (Wildman–Crippen MR) is 70.1 cm³/mol. The highest BCUT2D eigenvalue weighted by atomic mass is 16.5. The van der Waals surface area contributed by atoms with Gasteiger partial charge >= 0.3 is 12.0 Å². The standard InChI is InChI=1S/C12H23N3O3/c1-10(2)11(16)18-9-7-14-12(17)13-6-8-15(3,4)5/h1,6-9H2,2-5H3,(H-,13,14,17)/p+1. The predicted octanol–water partition coefficient (Wildman–Crippen LogP) is 0.111. The van der Waals surface area contributed by atoms with Crippen LogP contribution >= 0.6 is 0 Å². The molecule has 0 saturated heterocycles. The highest BCUT2D eigenvalue weighted by molar-refractivity contribution is 5.86. The van der Waals surface area contributed by atoms with Crippen LogP contribution < -0.4 is 10.6 Å². The van der Waals surface area contributed by atoms with Gasteiger partial charge in [0.15, 0.2) is 0 Å². The number of urea groups is 1. The quantitative estimate of drug-likeness (QED) is 0.295. The summed E-state index contributed by atoms with van der Waals surface area (Å²) in [6, 6.07) is -0.255. The Kier molecular flexibility index (Phi) is 7.04. The lowest BCUT2D eigenvalue weighted by molar-refractivity contribution is -0.869. The normalized spacial score (nSPS) is 10.7. The van der Waals surface area contributed by atoms with Gasteiger partial charge in [0, 0.05) is 5.57 Å². The smallest absolute Gasteiger partial charge is 0.333 e. The number of quaternary nitrogens is 1. The highest BCUT2D eigenvalue weighted by Crippen LogP contribution is 1.90. The van der Waals surface area contributed by atoms with E-state index in [1.807, 2.05) is 0 Å². The zero-order valence-electron chi connectivity index (χ0n) is 11.7. The summed E-state index contributed by atoms with van der Waals surface area (Å²) in [6.07, 6.45) is 0. The van der Waals surface area contributed by atoms with Crippen molar-refractivity contribution in [2.24, 2.45) is 0 Å². The van der Waals surface area contributed by atoms with Crippen LogP contribution in [0.5, 0.6) is 0 Å². The van der Waals surface area contributed by atoms with Crippen molar-refractivity contribution in [1.29, 1.82) is 0 Å². The summed E-state index contributed by atoms with van der Waals surface area (Å²) < 4.78 is 5.62. The van der Waals surface area contributed by atoms with Gasteiger partial charge in [-0.2, -0.15) is 0 Å². The van der Waals surface area contributed by atoms with Crippen molar-refractivity contribution in [2.75, 3.05) is 47.4 Å². The van der Waals surface area contributed by atoms with E-state index < -0.39 is 5.97 Å². The number of nitrogens with zero attached hydrogens (tertiary/aromatic N) is 1. The molecule has 104 valence electrons. The lowest BCUT2D eigenvalue weighted by atomic mass is 10.4.